The average Bonchev–Trinajstić information content (AvgIpc) is 3.32. The Balaban J connectivity index is 1.40. The fraction of sp³-hybridized carbons (Fsp3) is 0.350. The number of pyridine rings is 2. The summed E-state index contributed by atoms with van der Waals surface area (Å²) in [5, 5.41) is 6.16. The van der Waals surface area contributed by atoms with Crippen molar-refractivity contribution < 1.29 is 9.18 Å². The van der Waals surface area contributed by atoms with Crippen LogP contribution >= 0.6 is 0 Å². The highest BCUT2D eigenvalue weighted by Crippen LogP contribution is 2.34. The predicted octanol–water partition coefficient (Wildman–Crippen LogP) is 2.18. The van der Waals surface area contributed by atoms with Crippen LogP contribution in [0.1, 0.15) is 11.3 Å². The molecule has 2 aliphatic heterocycles. The van der Waals surface area contributed by atoms with Crippen molar-refractivity contribution >= 4 is 28.9 Å². The zero-order valence-electron chi connectivity index (χ0n) is 16.2. The quantitative estimate of drug-likeness (QED) is 0.696. The first-order valence-electron chi connectivity index (χ1n) is 9.77. The van der Waals surface area contributed by atoms with Crippen LogP contribution in [0.5, 0.6) is 0 Å². The highest BCUT2D eigenvalue weighted by atomic mass is 19.1. The molecule has 150 valence electrons. The Morgan fingerprint density at radius 1 is 1.24 bits per heavy atom. The lowest BCUT2D eigenvalue weighted by Crippen LogP contribution is -2.43. The van der Waals surface area contributed by atoms with Crippen LogP contribution in [0.3, 0.4) is 0 Å². The molecule has 0 unspecified atom stereocenters. The number of urea groups is 1. The van der Waals surface area contributed by atoms with Gasteiger partial charge in [-0.05, 0) is 19.4 Å². The molecule has 1 saturated heterocycles. The number of anilines is 3. The molecule has 8 nitrogen and oxygen atoms in total. The number of rotatable bonds is 2. The standard InChI is InChI=1S/C20H22FN7O/c1-13-11-27-12-14(10-16(21)19(27)24-13)25-20(29)28-7-3-15-17(2-4-23-18(15)28)26-8-5-22-6-9-26/h2,4,10-12,22H,3,5-9H2,1H3,(H,25,29). The normalized spacial score (nSPS) is 16.3. The molecule has 1 fully saturated rings. The maximum atomic E-state index is 14.3. The molecule has 0 aromatic carbocycles. The van der Waals surface area contributed by atoms with Crippen LogP contribution in [0.2, 0.25) is 0 Å². The van der Waals surface area contributed by atoms with Gasteiger partial charge in [0.1, 0.15) is 5.82 Å². The van der Waals surface area contributed by atoms with Crippen molar-refractivity contribution in [1.29, 1.82) is 0 Å². The van der Waals surface area contributed by atoms with Gasteiger partial charge >= 0.3 is 6.03 Å². The van der Waals surface area contributed by atoms with Crippen molar-refractivity contribution in [3.8, 4) is 0 Å². The molecule has 2 N–H and O–H groups in total. The number of amides is 2. The summed E-state index contributed by atoms with van der Waals surface area (Å²) >= 11 is 0. The maximum absolute atomic E-state index is 14.3. The van der Waals surface area contributed by atoms with E-state index in [4.69, 9.17) is 0 Å². The molecule has 3 aromatic heterocycles. The largest absolute Gasteiger partial charge is 0.369 e. The number of nitrogens with zero attached hydrogens (tertiary/aromatic N) is 5. The molecule has 0 saturated carbocycles. The minimum absolute atomic E-state index is 0.245. The average molecular weight is 395 g/mol. The molecular formula is C20H22FN7O. The third-order valence-corrected chi connectivity index (χ3v) is 5.43. The molecule has 9 heteroatoms. The Morgan fingerprint density at radius 2 is 2.07 bits per heavy atom. The smallest absolute Gasteiger partial charge is 0.327 e. The van der Waals surface area contributed by atoms with Crippen LogP contribution in [0, 0.1) is 12.7 Å². The van der Waals surface area contributed by atoms with Crippen LogP contribution < -0.4 is 20.4 Å². The number of aryl methyl sites for hydroxylation is 1. The van der Waals surface area contributed by atoms with Crippen molar-refractivity contribution in [2.75, 3.05) is 47.8 Å². The summed E-state index contributed by atoms with van der Waals surface area (Å²) in [5.74, 6) is 0.204. The van der Waals surface area contributed by atoms with E-state index in [-0.39, 0.29) is 11.7 Å². The van der Waals surface area contributed by atoms with Gasteiger partial charge in [-0.1, -0.05) is 0 Å². The number of halogens is 1. The van der Waals surface area contributed by atoms with Crippen LogP contribution in [0.25, 0.3) is 5.65 Å². The Morgan fingerprint density at radius 3 is 2.90 bits per heavy atom. The minimum atomic E-state index is -0.475. The third kappa shape index (κ3) is 3.17. The predicted molar refractivity (Wildman–Crippen MR) is 109 cm³/mol. The van der Waals surface area contributed by atoms with Gasteiger partial charge in [-0.2, -0.15) is 0 Å². The molecule has 0 spiro atoms. The molecular weight excluding hydrogens is 373 g/mol. The topological polar surface area (TPSA) is 77.8 Å². The van der Waals surface area contributed by atoms with Gasteiger partial charge in [-0.3, -0.25) is 4.90 Å². The summed E-state index contributed by atoms with van der Waals surface area (Å²) in [4.78, 5) is 25.5. The lowest BCUT2D eigenvalue weighted by atomic mass is 10.1. The molecule has 0 aliphatic carbocycles. The van der Waals surface area contributed by atoms with Crippen molar-refractivity contribution in [2.45, 2.75) is 13.3 Å². The Hall–Kier alpha value is -3.20. The van der Waals surface area contributed by atoms with Gasteiger partial charge in [0.2, 0.25) is 0 Å². The van der Waals surface area contributed by atoms with Gasteiger partial charge in [-0.15, -0.1) is 0 Å². The number of fused-ring (bicyclic) bond motifs is 2. The van der Waals surface area contributed by atoms with E-state index in [0.717, 1.165) is 43.9 Å². The van der Waals surface area contributed by atoms with Crippen LogP contribution in [-0.2, 0) is 6.42 Å². The highest BCUT2D eigenvalue weighted by Gasteiger charge is 2.30. The Labute approximate surface area is 167 Å². The second-order valence-electron chi connectivity index (χ2n) is 7.39. The van der Waals surface area contributed by atoms with Gasteiger partial charge in [0.05, 0.1) is 11.4 Å². The molecule has 0 bridgehead atoms. The van der Waals surface area contributed by atoms with E-state index in [1.54, 1.807) is 34.8 Å². The lowest BCUT2D eigenvalue weighted by Gasteiger charge is -2.31. The molecule has 3 aromatic rings. The summed E-state index contributed by atoms with van der Waals surface area (Å²) in [6, 6.07) is 3.00. The van der Waals surface area contributed by atoms with Gasteiger partial charge < -0.3 is 19.9 Å². The molecule has 2 aliphatic rings. The van der Waals surface area contributed by atoms with Crippen LogP contribution in [-0.4, -0.2) is 53.1 Å². The first-order valence-corrected chi connectivity index (χ1v) is 9.77. The van der Waals surface area contributed by atoms with E-state index < -0.39 is 5.82 Å². The SMILES string of the molecule is Cc1cn2cc(NC(=O)N3CCc4c(N5CCNCC5)ccnc43)cc(F)c2n1. The van der Waals surface area contributed by atoms with E-state index in [0.29, 0.717) is 23.7 Å². The Bertz CT molecular complexity index is 1090. The summed E-state index contributed by atoms with van der Waals surface area (Å²) in [7, 11) is 0. The minimum Gasteiger partial charge on any atom is -0.369 e. The summed E-state index contributed by atoms with van der Waals surface area (Å²) in [6.45, 7) is 6.12. The third-order valence-electron chi connectivity index (χ3n) is 5.43. The van der Waals surface area contributed by atoms with Crippen molar-refractivity contribution in [1.82, 2.24) is 19.7 Å². The van der Waals surface area contributed by atoms with Crippen molar-refractivity contribution in [3.05, 3.63) is 47.8 Å². The molecule has 0 radical (unpaired) electrons. The Kier molecular flexibility index (Phi) is 4.31. The summed E-state index contributed by atoms with van der Waals surface area (Å²) in [5.41, 5.74) is 3.58. The van der Waals surface area contributed by atoms with E-state index in [1.165, 1.54) is 6.07 Å². The number of carbonyl (C=O) groups is 1. The van der Waals surface area contributed by atoms with E-state index in [1.807, 2.05) is 6.07 Å². The van der Waals surface area contributed by atoms with Gasteiger partial charge in [-0.25, -0.2) is 19.2 Å². The van der Waals surface area contributed by atoms with Gasteiger partial charge in [0.25, 0.3) is 0 Å². The first kappa shape index (κ1) is 17.9. The van der Waals surface area contributed by atoms with Crippen LogP contribution in [0.4, 0.5) is 26.4 Å². The number of hydrogen-bond acceptors (Lipinski definition) is 5. The van der Waals surface area contributed by atoms with Crippen molar-refractivity contribution in [3.63, 3.8) is 0 Å². The molecule has 29 heavy (non-hydrogen) atoms. The number of nitrogens with one attached hydrogen (secondary N) is 2. The molecule has 2 amide bonds. The highest BCUT2D eigenvalue weighted by molar-refractivity contribution is 6.03. The molecule has 5 heterocycles. The second kappa shape index (κ2) is 7.00. The zero-order chi connectivity index (χ0) is 20.0. The number of piperazine rings is 1. The fourth-order valence-electron chi connectivity index (χ4n) is 4.11. The van der Waals surface area contributed by atoms with Crippen LogP contribution in [0.15, 0.2) is 30.7 Å². The fourth-order valence-corrected chi connectivity index (χ4v) is 4.11. The van der Waals surface area contributed by atoms with E-state index >= 15 is 0 Å². The van der Waals surface area contributed by atoms with Crippen molar-refractivity contribution in [2.24, 2.45) is 0 Å². The lowest BCUT2D eigenvalue weighted by molar-refractivity contribution is 0.257. The summed E-state index contributed by atoms with van der Waals surface area (Å²) < 4.78 is 15.9. The number of imidazole rings is 1. The number of hydrogen-bond donors (Lipinski definition) is 2. The van der Waals surface area contributed by atoms with Gasteiger partial charge in [0.15, 0.2) is 11.5 Å². The maximum Gasteiger partial charge on any atom is 0.327 e. The molecule has 5 rings (SSSR count). The summed E-state index contributed by atoms with van der Waals surface area (Å²) in [6.07, 6.45) is 5.89. The number of aromatic nitrogens is 3. The second-order valence-corrected chi connectivity index (χ2v) is 7.39. The first-order chi connectivity index (χ1) is 14.1. The molecule has 0 atom stereocenters. The van der Waals surface area contributed by atoms with E-state index in [9.17, 15) is 9.18 Å². The zero-order valence-corrected chi connectivity index (χ0v) is 16.2. The van der Waals surface area contributed by atoms with Gasteiger partial charge in [0, 0.05) is 68.6 Å². The monoisotopic (exact) mass is 395 g/mol. The number of carbonyl (C=O) groups excluding carboxylic acids is 1. The van der Waals surface area contributed by atoms with E-state index in [2.05, 4.69) is 25.5 Å².